The summed E-state index contributed by atoms with van der Waals surface area (Å²) in [5.74, 6) is 3.13. The van der Waals surface area contributed by atoms with Gasteiger partial charge in [-0.3, -0.25) is 15.3 Å². The molecule has 0 bridgehead atoms. The normalized spacial score (nSPS) is 12.5. The molecule has 7 nitrogen and oxygen atoms in total. The Balaban J connectivity index is -0.000000372. The molecule has 6 N–H and O–H groups in total. The fraction of sp³-hybridized carbons (Fsp3) is 0.826. The fourth-order valence-corrected chi connectivity index (χ4v) is 1.87. The molecule has 0 aliphatic rings. The van der Waals surface area contributed by atoms with E-state index < -0.39 is 0 Å². The van der Waals surface area contributed by atoms with Crippen molar-refractivity contribution in [1.82, 2.24) is 5.32 Å². The molecule has 0 aliphatic carbocycles. The van der Waals surface area contributed by atoms with E-state index in [9.17, 15) is 0 Å². The number of hydrogen-bond acceptors (Lipinski definition) is 5. The topological polar surface area (TPSA) is 136 Å². The lowest BCUT2D eigenvalue weighted by atomic mass is 9.98. The number of nitrogens with one attached hydrogen (secondary N) is 2. The Morgan fingerprint density at radius 1 is 0.967 bits per heavy atom. The molecule has 0 rings (SSSR count). The molecule has 0 saturated carbocycles. The van der Waals surface area contributed by atoms with Gasteiger partial charge >= 0.3 is 0 Å². The number of nitrogens with zero attached hydrogens (tertiary/aromatic N) is 3. The number of aliphatic imine (C=N–C) groups is 2. The van der Waals surface area contributed by atoms with Crippen LogP contribution in [0.5, 0.6) is 0 Å². The Morgan fingerprint density at radius 3 is 1.80 bits per heavy atom. The molecule has 0 fully saturated rings. The van der Waals surface area contributed by atoms with Crippen LogP contribution < -0.4 is 16.8 Å². The van der Waals surface area contributed by atoms with E-state index in [1.165, 1.54) is 0 Å². The van der Waals surface area contributed by atoms with Crippen LogP contribution in [0.1, 0.15) is 88.0 Å². The molecule has 1 atom stereocenters. The first-order valence-electron chi connectivity index (χ1n) is 11.1. The van der Waals surface area contributed by atoms with Crippen molar-refractivity contribution >= 4 is 17.4 Å². The zero-order chi connectivity index (χ0) is 24.1. The van der Waals surface area contributed by atoms with Crippen LogP contribution in [0.15, 0.2) is 9.98 Å². The van der Waals surface area contributed by atoms with Crippen LogP contribution in [0.4, 0.5) is 0 Å². The number of amidine groups is 2. The van der Waals surface area contributed by atoms with Gasteiger partial charge in [-0.2, -0.15) is 5.26 Å². The van der Waals surface area contributed by atoms with E-state index in [1.807, 2.05) is 20.0 Å². The minimum atomic E-state index is 0.344. The average molecular weight is 424 g/mol. The maximum Gasteiger partial charge on any atom is 0.182 e. The van der Waals surface area contributed by atoms with Gasteiger partial charge in [0.2, 0.25) is 0 Å². The van der Waals surface area contributed by atoms with Crippen LogP contribution in [-0.2, 0) is 0 Å². The molecule has 0 aromatic carbocycles. The Morgan fingerprint density at radius 2 is 1.47 bits per heavy atom. The summed E-state index contributed by atoms with van der Waals surface area (Å²) in [4.78, 5) is 8.11. The van der Waals surface area contributed by atoms with Crippen molar-refractivity contribution in [3.05, 3.63) is 0 Å². The summed E-state index contributed by atoms with van der Waals surface area (Å²) in [7, 11) is 0. The zero-order valence-electron chi connectivity index (χ0n) is 21.0. The highest BCUT2D eigenvalue weighted by molar-refractivity contribution is 5.80. The monoisotopic (exact) mass is 423 g/mol. The molecule has 0 aromatic rings. The Bertz CT molecular complexity index is 510. The van der Waals surface area contributed by atoms with Crippen molar-refractivity contribution in [2.45, 2.75) is 94.0 Å². The van der Waals surface area contributed by atoms with Crippen LogP contribution in [0.25, 0.3) is 0 Å². The first-order valence-corrected chi connectivity index (χ1v) is 11.1. The predicted molar refractivity (Wildman–Crippen MR) is 133 cm³/mol. The second-order valence-corrected chi connectivity index (χ2v) is 8.87. The van der Waals surface area contributed by atoms with Crippen molar-refractivity contribution in [2.24, 2.45) is 39.2 Å². The molecule has 0 heterocycles. The lowest BCUT2D eigenvalue weighted by Crippen LogP contribution is -2.25. The first kappa shape index (κ1) is 32.7. The highest BCUT2D eigenvalue weighted by Gasteiger charge is 2.06. The molecular weight excluding hydrogens is 374 g/mol. The van der Waals surface area contributed by atoms with Gasteiger partial charge in [-0.25, -0.2) is 0 Å². The van der Waals surface area contributed by atoms with Crippen molar-refractivity contribution < 1.29 is 0 Å². The smallest absolute Gasteiger partial charge is 0.182 e. The van der Waals surface area contributed by atoms with Gasteiger partial charge in [0.05, 0.1) is 5.84 Å². The van der Waals surface area contributed by atoms with Crippen molar-refractivity contribution in [1.29, 1.82) is 10.7 Å². The molecule has 0 aromatic heterocycles. The third-order valence-electron chi connectivity index (χ3n) is 3.83. The Labute approximate surface area is 186 Å². The van der Waals surface area contributed by atoms with Gasteiger partial charge in [-0.05, 0) is 57.8 Å². The molecule has 0 saturated heterocycles. The summed E-state index contributed by atoms with van der Waals surface area (Å²) in [6.45, 7) is 19.8. The minimum absolute atomic E-state index is 0.344. The van der Waals surface area contributed by atoms with Gasteiger partial charge in [0.1, 0.15) is 5.84 Å². The highest BCUT2D eigenvalue weighted by atomic mass is 15.0. The third-order valence-corrected chi connectivity index (χ3v) is 3.83. The summed E-state index contributed by atoms with van der Waals surface area (Å²) in [5.41, 5.74) is 12.0. The second kappa shape index (κ2) is 21.8. The van der Waals surface area contributed by atoms with E-state index in [1.54, 1.807) is 6.92 Å². The lowest BCUT2D eigenvalue weighted by molar-refractivity contribution is 0.447. The standard InChI is InChI=1S/C10H22N2.C7H13N3.C6H14N2/c1-8(2)10(12)7-5-4-6-9(3)11;1-6(2)4-9-7(3)10-5-8;1-5(2)4-8-6(3)7/h8,10-11H,4-7,12H2,1-3H3;6H,4H2,1-3H3,(H,9,10);5H,4H2,1-3H3,(H2,7,8). The molecule has 0 spiro atoms. The molecule has 30 heavy (non-hydrogen) atoms. The maximum absolute atomic E-state index is 8.16. The molecule has 7 heteroatoms. The Kier molecular flexibility index (Phi) is 23.7. The molecule has 0 aliphatic heterocycles. The van der Waals surface area contributed by atoms with Crippen molar-refractivity contribution in [3.8, 4) is 6.19 Å². The van der Waals surface area contributed by atoms with E-state index in [-0.39, 0.29) is 0 Å². The van der Waals surface area contributed by atoms with Gasteiger partial charge in [0.25, 0.3) is 0 Å². The molecule has 1 unspecified atom stereocenters. The zero-order valence-corrected chi connectivity index (χ0v) is 21.0. The number of nitriles is 1. The van der Waals surface area contributed by atoms with E-state index in [4.69, 9.17) is 22.1 Å². The average Bonchev–Trinajstić information content (AvgIpc) is 2.62. The van der Waals surface area contributed by atoms with Crippen LogP contribution in [0, 0.1) is 34.6 Å². The largest absolute Gasteiger partial charge is 0.388 e. The summed E-state index contributed by atoms with van der Waals surface area (Å²) in [6.07, 6.45) is 6.13. The van der Waals surface area contributed by atoms with E-state index in [0.29, 0.717) is 35.5 Å². The minimum Gasteiger partial charge on any atom is -0.388 e. The van der Waals surface area contributed by atoms with E-state index >= 15 is 0 Å². The summed E-state index contributed by atoms with van der Waals surface area (Å²) in [6, 6.07) is 0.344. The van der Waals surface area contributed by atoms with Gasteiger partial charge in [0.15, 0.2) is 6.19 Å². The SMILES string of the molecule is CC(=N)CCCCC(N)C(C)C.CC(=NCC(C)C)NC#N.CC(N)=NCC(C)C. The highest BCUT2D eigenvalue weighted by Crippen LogP contribution is 2.08. The molecule has 0 amide bonds. The molecular formula is C23H49N7. The number of nitrogens with two attached hydrogens (primary N) is 2. The van der Waals surface area contributed by atoms with Crippen molar-refractivity contribution in [3.63, 3.8) is 0 Å². The van der Waals surface area contributed by atoms with Gasteiger partial charge in [-0.1, -0.05) is 48.0 Å². The fourth-order valence-electron chi connectivity index (χ4n) is 1.87. The van der Waals surface area contributed by atoms with Crippen LogP contribution in [0.2, 0.25) is 0 Å². The molecule has 0 radical (unpaired) electrons. The lowest BCUT2D eigenvalue weighted by Gasteiger charge is -2.14. The third kappa shape index (κ3) is 33.6. The summed E-state index contributed by atoms with van der Waals surface area (Å²) < 4.78 is 0. The van der Waals surface area contributed by atoms with E-state index in [2.05, 4.69) is 56.8 Å². The van der Waals surface area contributed by atoms with Gasteiger partial charge in [0, 0.05) is 24.8 Å². The van der Waals surface area contributed by atoms with Gasteiger partial charge < -0.3 is 16.9 Å². The quantitative estimate of drug-likeness (QED) is 0.133. The summed E-state index contributed by atoms with van der Waals surface area (Å²) >= 11 is 0. The predicted octanol–water partition coefficient (Wildman–Crippen LogP) is 4.72. The maximum atomic E-state index is 8.16. The van der Waals surface area contributed by atoms with Crippen LogP contribution >= 0.6 is 0 Å². The van der Waals surface area contributed by atoms with E-state index in [0.717, 1.165) is 44.5 Å². The number of hydrogen-bond donors (Lipinski definition) is 4. The summed E-state index contributed by atoms with van der Waals surface area (Å²) in [5, 5.41) is 17.8. The Hall–Kier alpha value is -1.94. The second-order valence-electron chi connectivity index (χ2n) is 8.87. The van der Waals surface area contributed by atoms with Crippen molar-refractivity contribution in [2.75, 3.05) is 13.1 Å². The van der Waals surface area contributed by atoms with Crippen LogP contribution in [-0.4, -0.2) is 36.5 Å². The first-order chi connectivity index (χ1) is 13.8. The number of rotatable bonds is 10. The van der Waals surface area contributed by atoms with Gasteiger partial charge in [-0.15, -0.1) is 0 Å². The van der Waals surface area contributed by atoms with Crippen LogP contribution in [0.3, 0.4) is 0 Å². The molecule has 176 valence electrons. The number of unbranched alkanes of at least 4 members (excludes halogenated alkanes) is 1.